The van der Waals surface area contributed by atoms with E-state index in [-0.39, 0.29) is 11.9 Å². The summed E-state index contributed by atoms with van der Waals surface area (Å²) < 4.78 is 31.3. The number of nitrogens with zero attached hydrogens (tertiary/aromatic N) is 1. The van der Waals surface area contributed by atoms with E-state index in [4.69, 9.17) is 4.74 Å². The first-order chi connectivity index (χ1) is 13.6. The Hall–Kier alpha value is -2.54. The van der Waals surface area contributed by atoms with Crippen molar-refractivity contribution in [3.8, 4) is 5.75 Å². The van der Waals surface area contributed by atoms with E-state index in [2.05, 4.69) is 11.4 Å². The van der Waals surface area contributed by atoms with Crippen LogP contribution >= 0.6 is 0 Å². The quantitative estimate of drug-likeness (QED) is 0.709. The molecule has 6 nitrogen and oxygen atoms in total. The number of amides is 1. The van der Waals surface area contributed by atoms with Gasteiger partial charge < -0.3 is 10.1 Å². The van der Waals surface area contributed by atoms with Crippen molar-refractivity contribution in [2.45, 2.75) is 46.2 Å². The number of aryl methyl sites for hydroxylation is 2. The fraction of sp³-hybridized carbons (Fsp3) is 0.409. The van der Waals surface area contributed by atoms with Crippen LogP contribution in [0.25, 0.3) is 0 Å². The Kier molecular flexibility index (Phi) is 7.30. The Labute approximate surface area is 173 Å². The van der Waals surface area contributed by atoms with Gasteiger partial charge in [-0.1, -0.05) is 31.2 Å². The zero-order chi connectivity index (χ0) is 21.8. The highest BCUT2D eigenvalue weighted by Crippen LogP contribution is 2.26. The van der Waals surface area contributed by atoms with Gasteiger partial charge in [0.15, 0.2) is 0 Å². The van der Waals surface area contributed by atoms with Crippen LogP contribution in [-0.2, 0) is 14.8 Å². The molecule has 2 aromatic carbocycles. The van der Waals surface area contributed by atoms with Crippen LogP contribution in [0.1, 0.15) is 43.0 Å². The van der Waals surface area contributed by atoms with Crippen LogP contribution in [0.3, 0.4) is 0 Å². The maximum Gasteiger partial charge on any atom is 0.244 e. The van der Waals surface area contributed by atoms with Crippen LogP contribution in [0.2, 0.25) is 0 Å². The molecular weight excluding hydrogens is 388 g/mol. The molecule has 0 bridgehead atoms. The molecule has 1 amide bonds. The number of anilines is 1. The van der Waals surface area contributed by atoms with E-state index in [1.54, 1.807) is 31.2 Å². The lowest BCUT2D eigenvalue weighted by molar-refractivity contribution is -0.122. The number of carbonyl (C=O) groups is 1. The van der Waals surface area contributed by atoms with Crippen molar-refractivity contribution in [3.05, 3.63) is 59.2 Å². The average molecular weight is 419 g/mol. The number of sulfonamides is 1. The Morgan fingerprint density at radius 2 is 1.83 bits per heavy atom. The van der Waals surface area contributed by atoms with Gasteiger partial charge in [0.1, 0.15) is 11.8 Å². The summed E-state index contributed by atoms with van der Waals surface area (Å²) in [5.41, 5.74) is 3.72. The van der Waals surface area contributed by atoms with Crippen molar-refractivity contribution in [2.24, 2.45) is 0 Å². The number of carbonyl (C=O) groups excluding carboxylic acids is 1. The van der Waals surface area contributed by atoms with Gasteiger partial charge in [-0.2, -0.15) is 0 Å². The molecular formula is C22H30N2O4S. The number of hydrogen-bond acceptors (Lipinski definition) is 4. The second-order valence-corrected chi connectivity index (χ2v) is 9.11. The summed E-state index contributed by atoms with van der Waals surface area (Å²) in [6.45, 7) is 7.65. The molecule has 0 radical (unpaired) electrons. The molecule has 2 rings (SSSR count). The number of nitrogens with one attached hydrogen (secondary N) is 1. The maximum absolute atomic E-state index is 13.0. The molecule has 0 aromatic heterocycles. The number of rotatable bonds is 8. The smallest absolute Gasteiger partial charge is 0.244 e. The number of benzene rings is 2. The molecule has 0 aliphatic carbocycles. The summed E-state index contributed by atoms with van der Waals surface area (Å²) >= 11 is 0. The second kappa shape index (κ2) is 9.31. The fourth-order valence-corrected chi connectivity index (χ4v) is 4.42. The highest BCUT2D eigenvalue weighted by molar-refractivity contribution is 7.92. The van der Waals surface area contributed by atoms with Gasteiger partial charge in [-0.3, -0.25) is 9.10 Å². The van der Waals surface area contributed by atoms with E-state index in [9.17, 15) is 13.2 Å². The average Bonchev–Trinajstić information content (AvgIpc) is 2.67. The molecule has 0 aliphatic heterocycles. The topological polar surface area (TPSA) is 75.7 Å². The molecule has 29 heavy (non-hydrogen) atoms. The third-order valence-corrected chi connectivity index (χ3v) is 6.30. The second-order valence-electron chi connectivity index (χ2n) is 7.25. The van der Waals surface area contributed by atoms with Gasteiger partial charge in [-0.05, 0) is 56.0 Å². The van der Waals surface area contributed by atoms with Crippen molar-refractivity contribution in [2.75, 3.05) is 17.7 Å². The minimum atomic E-state index is -3.69. The lowest BCUT2D eigenvalue weighted by Gasteiger charge is -2.30. The first-order valence-electron chi connectivity index (χ1n) is 9.59. The summed E-state index contributed by atoms with van der Waals surface area (Å²) in [7, 11) is -2.18. The Morgan fingerprint density at radius 3 is 2.38 bits per heavy atom. The van der Waals surface area contributed by atoms with E-state index >= 15 is 0 Å². The molecule has 2 atom stereocenters. The third-order valence-electron chi connectivity index (χ3n) is 5.05. The van der Waals surface area contributed by atoms with Crippen LogP contribution in [0.15, 0.2) is 42.5 Å². The van der Waals surface area contributed by atoms with E-state index in [0.717, 1.165) is 21.7 Å². The van der Waals surface area contributed by atoms with E-state index in [1.165, 1.54) is 12.7 Å². The largest absolute Gasteiger partial charge is 0.497 e. The Balaban J connectivity index is 2.31. The van der Waals surface area contributed by atoms with Gasteiger partial charge in [0, 0.05) is 6.07 Å². The van der Waals surface area contributed by atoms with Crippen molar-refractivity contribution in [1.82, 2.24) is 5.32 Å². The van der Waals surface area contributed by atoms with Gasteiger partial charge >= 0.3 is 0 Å². The minimum Gasteiger partial charge on any atom is -0.497 e. The zero-order valence-corrected chi connectivity index (χ0v) is 18.7. The van der Waals surface area contributed by atoms with Gasteiger partial charge in [0.25, 0.3) is 0 Å². The van der Waals surface area contributed by atoms with Crippen LogP contribution in [0, 0.1) is 13.8 Å². The molecule has 7 heteroatoms. The Bertz CT molecular complexity index is 973. The standard InChI is InChI=1S/C22H30N2O4S/c1-7-21(18-12-11-15(2)16(3)13-18)23-22(25)17(4)24(29(6,26)27)19-9-8-10-20(14-19)28-5/h8-14,17,21H,7H2,1-6H3,(H,23,25)/t17-,21+/m1/s1. The van der Waals surface area contributed by atoms with E-state index in [1.807, 2.05) is 32.9 Å². The van der Waals surface area contributed by atoms with Gasteiger partial charge in [0.05, 0.1) is 25.1 Å². The lowest BCUT2D eigenvalue weighted by atomic mass is 9.99. The van der Waals surface area contributed by atoms with E-state index < -0.39 is 16.1 Å². The molecule has 0 unspecified atom stereocenters. The first-order valence-corrected chi connectivity index (χ1v) is 11.4. The third kappa shape index (κ3) is 5.50. The fourth-order valence-electron chi connectivity index (χ4n) is 3.25. The highest BCUT2D eigenvalue weighted by Gasteiger charge is 2.30. The van der Waals surface area contributed by atoms with Gasteiger partial charge in [-0.15, -0.1) is 0 Å². The minimum absolute atomic E-state index is 0.198. The molecule has 0 spiro atoms. The molecule has 158 valence electrons. The van der Waals surface area contributed by atoms with Crippen molar-refractivity contribution < 1.29 is 17.9 Å². The van der Waals surface area contributed by atoms with Crippen molar-refractivity contribution in [1.29, 1.82) is 0 Å². The normalized spacial score (nSPS) is 13.4. The number of hydrogen-bond donors (Lipinski definition) is 1. The Morgan fingerprint density at radius 1 is 1.14 bits per heavy atom. The van der Waals surface area contributed by atoms with Crippen LogP contribution in [0.4, 0.5) is 5.69 Å². The predicted molar refractivity (Wildman–Crippen MR) is 117 cm³/mol. The summed E-state index contributed by atoms with van der Waals surface area (Å²) in [6, 6.07) is 11.6. The van der Waals surface area contributed by atoms with Crippen LogP contribution < -0.4 is 14.4 Å². The monoisotopic (exact) mass is 418 g/mol. The molecule has 0 saturated carbocycles. The van der Waals surface area contributed by atoms with Gasteiger partial charge in [0.2, 0.25) is 15.9 Å². The molecule has 0 heterocycles. The van der Waals surface area contributed by atoms with Crippen LogP contribution in [0.5, 0.6) is 5.75 Å². The maximum atomic E-state index is 13.0. The molecule has 0 aliphatic rings. The lowest BCUT2D eigenvalue weighted by Crippen LogP contribution is -2.48. The van der Waals surface area contributed by atoms with Crippen molar-refractivity contribution in [3.63, 3.8) is 0 Å². The van der Waals surface area contributed by atoms with Gasteiger partial charge in [-0.25, -0.2) is 8.42 Å². The van der Waals surface area contributed by atoms with E-state index in [0.29, 0.717) is 17.9 Å². The molecule has 0 saturated heterocycles. The molecule has 1 N–H and O–H groups in total. The summed E-state index contributed by atoms with van der Waals surface area (Å²) in [4.78, 5) is 13.0. The highest BCUT2D eigenvalue weighted by atomic mass is 32.2. The summed E-state index contributed by atoms with van der Waals surface area (Å²) in [5.74, 6) is 0.161. The first kappa shape index (κ1) is 22.7. The zero-order valence-electron chi connectivity index (χ0n) is 17.9. The number of ether oxygens (including phenoxy) is 1. The molecule has 0 fully saturated rings. The summed E-state index contributed by atoms with van der Waals surface area (Å²) in [6.07, 6.45) is 1.79. The predicted octanol–water partition coefficient (Wildman–Crippen LogP) is 3.73. The number of methoxy groups -OCH3 is 1. The van der Waals surface area contributed by atoms with Crippen molar-refractivity contribution >= 4 is 21.6 Å². The molecule has 2 aromatic rings. The van der Waals surface area contributed by atoms with Crippen LogP contribution in [-0.4, -0.2) is 33.7 Å². The summed E-state index contributed by atoms with van der Waals surface area (Å²) in [5, 5.41) is 3.00. The SMILES string of the molecule is CC[C@H](NC(=O)[C@@H](C)N(c1cccc(OC)c1)S(C)(=O)=O)c1ccc(C)c(C)c1.